The fraction of sp³-hybridized carbons (Fsp3) is 1.00. The molecule has 2 nitrogen and oxygen atoms in total. The maximum Gasteiger partial charge on any atom is 0.115 e. The first kappa shape index (κ1) is 28.6. The van der Waals surface area contributed by atoms with Crippen LogP contribution in [0.25, 0.3) is 0 Å². The Morgan fingerprint density at radius 3 is 1.12 bits per heavy atom. The summed E-state index contributed by atoms with van der Waals surface area (Å²) in [6, 6.07) is 0. The fourth-order valence-corrected chi connectivity index (χ4v) is 3.37. The molecular formula is C23H50BrNO. The Bertz CT molecular complexity index is 286. The van der Waals surface area contributed by atoms with Gasteiger partial charge in [0.05, 0.1) is 0 Å². The summed E-state index contributed by atoms with van der Waals surface area (Å²) in [6.45, 7) is 8.14. The van der Waals surface area contributed by atoms with Gasteiger partial charge in [0.25, 0.3) is 0 Å². The molecule has 0 fully saturated rings. The van der Waals surface area contributed by atoms with E-state index in [9.17, 15) is 5.11 Å². The molecule has 1 unspecified atom stereocenters. The number of halogens is 1. The quantitative estimate of drug-likeness (QED) is 0.169. The first-order valence-corrected chi connectivity index (χ1v) is 11.3. The molecule has 0 aliphatic rings. The van der Waals surface area contributed by atoms with Crippen molar-refractivity contribution in [3.05, 3.63) is 0 Å². The Morgan fingerprint density at radius 1 is 0.577 bits per heavy atom. The van der Waals surface area contributed by atoms with Gasteiger partial charge in [-0.05, 0) is 13.3 Å². The summed E-state index contributed by atoms with van der Waals surface area (Å²) in [5.74, 6) is 0. The number of hydrogen-bond donors (Lipinski definition) is 2. The molecule has 26 heavy (non-hydrogen) atoms. The summed E-state index contributed by atoms with van der Waals surface area (Å²) in [4.78, 5) is 0. The lowest BCUT2D eigenvalue weighted by molar-refractivity contribution is -0.0514. The third-order valence-corrected chi connectivity index (χ3v) is 6.03. The number of nitrogens with two attached hydrogens (primary N) is 1. The lowest BCUT2D eigenvalue weighted by Crippen LogP contribution is -2.49. The molecule has 0 aromatic heterocycles. The number of hydrogen-bond acceptors (Lipinski definition) is 2. The molecule has 0 amide bonds. The summed E-state index contributed by atoms with van der Waals surface area (Å²) < 4.78 is 0. The molecule has 0 heterocycles. The maximum absolute atomic E-state index is 9.95. The normalized spacial score (nSPS) is 14.1. The van der Waals surface area contributed by atoms with Crippen LogP contribution in [0.4, 0.5) is 0 Å². The van der Waals surface area contributed by atoms with Crippen LogP contribution in [0.2, 0.25) is 0 Å². The van der Waals surface area contributed by atoms with Crippen molar-refractivity contribution in [2.45, 2.75) is 143 Å². The van der Waals surface area contributed by atoms with E-state index in [1.165, 1.54) is 103 Å². The van der Waals surface area contributed by atoms with Crippen molar-refractivity contribution in [3.63, 3.8) is 0 Å². The summed E-state index contributed by atoms with van der Waals surface area (Å²) in [5.41, 5.74) is 4.58. The molecular weight excluding hydrogens is 386 g/mol. The molecule has 1 atom stereocenters. The predicted molar refractivity (Wildman–Crippen MR) is 123 cm³/mol. The first-order valence-electron chi connectivity index (χ1n) is 11.3. The standard InChI is InChI=1S/C23H49NO.BrH/c1-5-6-7-8-9-10-11-12-13-14-15-16-17-18-19-20-21-22(2,3)23(4,24)25;/h25H,5-21,24H2,1-4H3;1H. The number of aliphatic hydroxyl groups is 1. The van der Waals surface area contributed by atoms with Crippen LogP contribution in [0.5, 0.6) is 0 Å². The highest BCUT2D eigenvalue weighted by Gasteiger charge is 2.34. The van der Waals surface area contributed by atoms with Gasteiger partial charge >= 0.3 is 0 Å². The molecule has 0 aromatic carbocycles. The van der Waals surface area contributed by atoms with Gasteiger partial charge in [0, 0.05) is 5.41 Å². The molecule has 0 saturated carbocycles. The Hall–Kier alpha value is 0.400. The molecule has 0 spiro atoms. The second-order valence-corrected chi connectivity index (χ2v) is 9.08. The molecule has 0 aliphatic carbocycles. The van der Waals surface area contributed by atoms with E-state index in [0.717, 1.165) is 6.42 Å². The molecule has 0 radical (unpaired) electrons. The monoisotopic (exact) mass is 435 g/mol. The molecule has 3 N–H and O–H groups in total. The molecule has 0 aliphatic heterocycles. The van der Waals surface area contributed by atoms with E-state index in [1.54, 1.807) is 6.92 Å². The van der Waals surface area contributed by atoms with Gasteiger partial charge in [-0.25, -0.2) is 0 Å². The second-order valence-electron chi connectivity index (χ2n) is 9.08. The van der Waals surface area contributed by atoms with Crippen molar-refractivity contribution in [1.82, 2.24) is 0 Å². The summed E-state index contributed by atoms with van der Waals surface area (Å²) in [6.07, 6.45) is 23.3. The van der Waals surface area contributed by atoms with E-state index in [1.807, 2.05) is 0 Å². The van der Waals surface area contributed by atoms with Crippen LogP contribution in [0.1, 0.15) is 137 Å². The van der Waals surface area contributed by atoms with E-state index in [-0.39, 0.29) is 22.4 Å². The minimum atomic E-state index is -1.07. The Morgan fingerprint density at radius 2 is 0.846 bits per heavy atom. The van der Waals surface area contributed by atoms with Gasteiger partial charge < -0.3 is 10.8 Å². The van der Waals surface area contributed by atoms with Crippen LogP contribution in [0, 0.1) is 5.41 Å². The van der Waals surface area contributed by atoms with Crippen molar-refractivity contribution >= 4 is 17.0 Å². The van der Waals surface area contributed by atoms with E-state index in [2.05, 4.69) is 20.8 Å². The maximum atomic E-state index is 9.95. The SMILES string of the molecule is Br.CCCCCCCCCCCCCCCCCCC(C)(C)C(C)(N)O. The van der Waals surface area contributed by atoms with E-state index < -0.39 is 5.72 Å². The molecule has 0 saturated heterocycles. The van der Waals surface area contributed by atoms with E-state index >= 15 is 0 Å². The van der Waals surface area contributed by atoms with Crippen molar-refractivity contribution in [2.75, 3.05) is 0 Å². The largest absolute Gasteiger partial charge is 0.376 e. The lowest BCUT2D eigenvalue weighted by atomic mass is 9.78. The average molecular weight is 437 g/mol. The van der Waals surface area contributed by atoms with Crippen LogP contribution in [0.3, 0.4) is 0 Å². The fourth-order valence-electron chi connectivity index (χ4n) is 3.37. The van der Waals surface area contributed by atoms with Crippen molar-refractivity contribution in [3.8, 4) is 0 Å². The molecule has 3 heteroatoms. The number of rotatable bonds is 18. The van der Waals surface area contributed by atoms with E-state index in [4.69, 9.17) is 5.73 Å². The van der Waals surface area contributed by atoms with Crippen LogP contribution >= 0.6 is 17.0 Å². The second kappa shape index (κ2) is 17.5. The minimum absolute atomic E-state index is 0. The number of unbranched alkanes of at least 4 members (excludes halogenated alkanes) is 15. The first-order chi connectivity index (χ1) is 11.8. The van der Waals surface area contributed by atoms with Gasteiger partial charge in [-0.1, -0.05) is 124 Å². The van der Waals surface area contributed by atoms with Crippen LogP contribution in [-0.4, -0.2) is 10.8 Å². The molecule has 160 valence electrons. The van der Waals surface area contributed by atoms with Gasteiger partial charge in [-0.2, -0.15) is 0 Å². The molecule has 0 rings (SSSR count). The predicted octanol–water partition coefficient (Wildman–Crippen LogP) is 7.91. The smallest absolute Gasteiger partial charge is 0.115 e. The van der Waals surface area contributed by atoms with Crippen molar-refractivity contribution in [1.29, 1.82) is 0 Å². The van der Waals surface area contributed by atoms with Crippen LogP contribution in [-0.2, 0) is 0 Å². The average Bonchev–Trinajstić information content (AvgIpc) is 2.53. The zero-order chi connectivity index (χ0) is 19.0. The third-order valence-electron chi connectivity index (χ3n) is 6.03. The van der Waals surface area contributed by atoms with Gasteiger partial charge in [0.15, 0.2) is 0 Å². The van der Waals surface area contributed by atoms with E-state index in [0.29, 0.717) is 0 Å². The van der Waals surface area contributed by atoms with Gasteiger partial charge in [-0.15, -0.1) is 17.0 Å². The van der Waals surface area contributed by atoms with Gasteiger partial charge in [0.2, 0.25) is 0 Å². The third kappa shape index (κ3) is 16.6. The topological polar surface area (TPSA) is 46.2 Å². The zero-order valence-corrected chi connectivity index (χ0v) is 20.2. The highest BCUT2D eigenvalue weighted by Crippen LogP contribution is 2.32. The summed E-state index contributed by atoms with van der Waals surface area (Å²) in [5, 5.41) is 9.95. The Labute approximate surface area is 175 Å². The lowest BCUT2D eigenvalue weighted by Gasteiger charge is -2.37. The van der Waals surface area contributed by atoms with Crippen LogP contribution in [0.15, 0.2) is 0 Å². The Kier molecular flexibility index (Phi) is 19.3. The van der Waals surface area contributed by atoms with Crippen LogP contribution < -0.4 is 5.73 Å². The Balaban J connectivity index is 0. The highest BCUT2D eigenvalue weighted by atomic mass is 79.9. The summed E-state index contributed by atoms with van der Waals surface area (Å²) in [7, 11) is 0. The van der Waals surface area contributed by atoms with Crippen molar-refractivity contribution in [2.24, 2.45) is 11.1 Å². The van der Waals surface area contributed by atoms with Gasteiger partial charge in [0.1, 0.15) is 5.72 Å². The highest BCUT2D eigenvalue weighted by molar-refractivity contribution is 8.93. The van der Waals surface area contributed by atoms with Gasteiger partial charge in [-0.3, -0.25) is 0 Å². The minimum Gasteiger partial charge on any atom is -0.376 e. The molecule has 0 aromatic rings. The zero-order valence-electron chi connectivity index (χ0n) is 18.5. The van der Waals surface area contributed by atoms with Crippen molar-refractivity contribution < 1.29 is 5.11 Å². The summed E-state index contributed by atoms with van der Waals surface area (Å²) >= 11 is 0. The molecule has 0 bridgehead atoms.